The molecule has 0 aliphatic heterocycles. The maximum Gasteiger partial charge on any atom is 0.118 e. The molecule has 192 valence electrons. The highest BCUT2D eigenvalue weighted by Gasteiger charge is 2.28. The highest BCUT2D eigenvalue weighted by molar-refractivity contribution is 6.09. The summed E-state index contributed by atoms with van der Waals surface area (Å²) in [6, 6.07) is 39.3. The fourth-order valence-corrected chi connectivity index (χ4v) is 5.16. The van der Waals surface area contributed by atoms with Crippen LogP contribution in [0, 0.1) is 11.3 Å². The first-order valence-corrected chi connectivity index (χ1v) is 12.8. The van der Waals surface area contributed by atoms with Crippen molar-refractivity contribution in [3.8, 4) is 62.1 Å². The van der Waals surface area contributed by atoms with Gasteiger partial charge in [-0.1, -0.05) is 84.9 Å². The smallest absolute Gasteiger partial charge is 0.118 e. The fraction of sp³-hybridized carbons (Fsp3) is 0.114. The molecule has 0 heterocycles. The third kappa shape index (κ3) is 4.83. The maximum atomic E-state index is 10.8. The van der Waals surface area contributed by atoms with Crippen molar-refractivity contribution in [2.45, 2.75) is 0 Å². The van der Waals surface area contributed by atoms with Gasteiger partial charge in [0, 0.05) is 30.8 Å². The molecule has 0 saturated carbocycles. The molecule has 0 aromatic heterocycles. The Morgan fingerprint density at radius 1 is 0.513 bits per heavy atom. The second-order valence-electron chi connectivity index (χ2n) is 9.42. The number of rotatable bonds is 7. The van der Waals surface area contributed by atoms with E-state index >= 15 is 0 Å². The second kappa shape index (κ2) is 11.2. The third-order valence-corrected chi connectivity index (χ3v) is 6.91. The van der Waals surface area contributed by atoms with E-state index < -0.39 is 0 Å². The van der Waals surface area contributed by atoms with Crippen LogP contribution in [0.3, 0.4) is 0 Å². The van der Waals surface area contributed by atoms with E-state index in [2.05, 4.69) is 59.5 Å². The SMILES string of the molecule is COc1ccc(-c2c(C#N)c(N(C)C)c(-c3ccccc3)c(-c3ccccc3)c2-c2ccc(OC)cc2)cc1. The van der Waals surface area contributed by atoms with Crippen molar-refractivity contribution in [2.75, 3.05) is 33.2 Å². The van der Waals surface area contributed by atoms with Gasteiger partial charge in [0.2, 0.25) is 0 Å². The van der Waals surface area contributed by atoms with Gasteiger partial charge in [0.15, 0.2) is 0 Å². The largest absolute Gasteiger partial charge is 0.497 e. The van der Waals surface area contributed by atoms with Crippen LogP contribution in [-0.4, -0.2) is 28.3 Å². The van der Waals surface area contributed by atoms with Gasteiger partial charge in [-0.25, -0.2) is 0 Å². The predicted molar refractivity (Wildman–Crippen MR) is 160 cm³/mol. The van der Waals surface area contributed by atoms with E-state index in [0.29, 0.717) is 5.56 Å². The summed E-state index contributed by atoms with van der Waals surface area (Å²) in [5, 5.41) is 10.8. The minimum absolute atomic E-state index is 0.620. The summed E-state index contributed by atoms with van der Waals surface area (Å²) in [7, 11) is 7.33. The van der Waals surface area contributed by atoms with E-state index in [9.17, 15) is 5.26 Å². The van der Waals surface area contributed by atoms with E-state index in [1.165, 1.54) is 0 Å². The number of nitrogens with zero attached hydrogens (tertiary/aromatic N) is 2. The zero-order chi connectivity index (χ0) is 27.4. The van der Waals surface area contributed by atoms with Crippen LogP contribution in [0.5, 0.6) is 11.5 Å². The van der Waals surface area contributed by atoms with E-state index in [4.69, 9.17) is 9.47 Å². The highest BCUT2D eigenvalue weighted by Crippen LogP contribution is 2.52. The average Bonchev–Trinajstić information content (AvgIpc) is 3.00. The fourth-order valence-electron chi connectivity index (χ4n) is 5.16. The number of methoxy groups -OCH3 is 2. The maximum absolute atomic E-state index is 10.8. The van der Waals surface area contributed by atoms with Crippen molar-refractivity contribution in [1.29, 1.82) is 5.26 Å². The summed E-state index contributed by atoms with van der Waals surface area (Å²) in [5.74, 6) is 1.54. The van der Waals surface area contributed by atoms with E-state index in [-0.39, 0.29) is 0 Å². The number of nitriles is 1. The lowest BCUT2D eigenvalue weighted by Crippen LogP contribution is -2.14. The van der Waals surface area contributed by atoms with Crippen molar-refractivity contribution < 1.29 is 9.47 Å². The molecule has 4 nitrogen and oxygen atoms in total. The number of benzene rings is 5. The third-order valence-electron chi connectivity index (χ3n) is 6.91. The normalized spacial score (nSPS) is 10.5. The minimum Gasteiger partial charge on any atom is -0.497 e. The standard InChI is InChI=1S/C35H30N2O2/c1-37(2)35-30(23-36)31(26-15-19-28(38-3)20-16-26)32(27-17-21-29(39-4)22-18-27)33(24-11-7-5-8-12-24)34(35)25-13-9-6-10-14-25/h5-22H,1-4H3. The van der Waals surface area contributed by atoms with Crippen LogP contribution in [-0.2, 0) is 0 Å². The van der Waals surface area contributed by atoms with Crippen molar-refractivity contribution >= 4 is 5.69 Å². The lowest BCUT2D eigenvalue weighted by molar-refractivity contribution is 0.414. The highest BCUT2D eigenvalue weighted by atomic mass is 16.5. The quantitative estimate of drug-likeness (QED) is 0.221. The molecule has 0 spiro atoms. The van der Waals surface area contributed by atoms with Gasteiger partial charge in [-0.15, -0.1) is 0 Å². The first-order valence-electron chi connectivity index (χ1n) is 12.8. The molecule has 0 saturated heterocycles. The molecule has 0 aliphatic carbocycles. The van der Waals surface area contributed by atoms with Gasteiger partial charge in [-0.05, 0) is 52.1 Å². The lowest BCUT2D eigenvalue weighted by atomic mass is 9.79. The Hall–Kier alpha value is -5.01. The molecular formula is C35H30N2O2. The average molecular weight is 511 g/mol. The van der Waals surface area contributed by atoms with E-state index in [0.717, 1.165) is 61.7 Å². The zero-order valence-electron chi connectivity index (χ0n) is 22.6. The van der Waals surface area contributed by atoms with Crippen LogP contribution in [0.25, 0.3) is 44.5 Å². The molecule has 0 unspecified atom stereocenters. The summed E-state index contributed by atoms with van der Waals surface area (Å²) in [6.45, 7) is 0. The lowest BCUT2D eigenvalue weighted by Gasteiger charge is -2.29. The molecule has 5 aromatic carbocycles. The number of ether oxygens (including phenoxy) is 2. The topological polar surface area (TPSA) is 45.5 Å². The number of hydrogen-bond donors (Lipinski definition) is 0. The molecule has 5 aromatic rings. The minimum atomic E-state index is 0.620. The Morgan fingerprint density at radius 2 is 0.897 bits per heavy atom. The van der Waals surface area contributed by atoms with Gasteiger partial charge in [0.1, 0.15) is 17.6 Å². The molecular weight excluding hydrogens is 480 g/mol. The van der Waals surface area contributed by atoms with Crippen LogP contribution in [0.15, 0.2) is 109 Å². The van der Waals surface area contributed by atoms with Crippen molar-refractivity contribution in [3.05, 3.63) is 115 Å². The van der Waals surface area contributed by atoms with Crippen LogP contribution in [0.4, 0.5) is 5.69 Å². The molecule has 39 heavy (non-hydrogen) atoms. The predicted octanol–water partition coefficient (Wildman–Crippen LogP) is 8.31. The molecule has 0 N–H and O–H groups in total. The summed E-state index contributed by atoms with van der Waals surface area (Å²) in [6.07, 6.45) is 0. The van der Waals surface area contributed by atoms with Crippen LogP contribution >= 0.6 is 0 Å². The summed E-state index contributed by atoms with van der Waals surface area (Å²) in [5.41, 5.74) is 9.53. The molecule has 0 amide bonds. The molecule has 5 rings (SSSR count). The van der Waals surface area contributed by atoms with E-state index in [1.807, 2.05) is 74.8 Å². The Bertz CT molecular complexity index is 1620. The van der Waals surface area contributed by atoms with Crippen LogP contribution in [0.1, 0.15) is 5.56 Å². The summed E-state index contributed by atoms with van der Waals surface area (Å²) < 4.78 is 10.9. The second-order valence-corrected chi connectivity index (χ2v) is 9.42. The first kappa shape index (κ1) is 25.6. The van der Waals surface area contributed by atoms with Crippen LogP contribution in [0.2, 0.25) is 0 Å². The van der Waals surface area contributed by atoms with Gasteiger partial charge in [-0.3, -0.25) is 0 Å². The van der Waals surface area contributed by atoms with Crippen molar-refractivity contribution in [3.63, 3.8) is 0 Å². The van der Waals surface area contributed by atoms with Crippen molar-refractivity contribution in [2.24, 2.45) is 0 Å². The first-order chi connectivity index (χ1) is 19.1. The summed E-state index contributed by atoms with van der Waals surface area (Å²) >= 11 is 0. The molecule has 0 bridgehead atoms. The molecule has 0 atom stereocenters. The van der Waals surface area contributed by atoms with Gasteiger partial charge in [0.25, 0.3) is 0 Å². The Balaban J connectivity index is 2.04. The van der Waals surface area contributed by atoms with Gasteiger partial charge < -0.3 is 14.4 Å². The number of hydrogen-bond acceptors (Lipinski definition) is 4. The van der Waals surface area contributed by atoms with Gasteiger partial charge in [-0.2, -0.15) is 5.26 Å². The molecule has 0 aliphatic rings. The Morgan fingerprint density at radius 3 is 1.31 bits per heavy atom. The zero-order valence-corrected chi connectivity index (χ0v) is 22.6. The number of anilines is 1. The van der Waals surface area contributed by atoms with Crippen molar-refractivity contribution in [1.82, 2.24) is 0 Å². The van der Waals surface area contributed by atoms with Gasteiger partial charge >= 0.3 is 0 Å². The summed E-state index contributed by atoms with van der Waals surface area (Å²) in [4.78, 5) is 2.05. The van der Waals surface area contributed by atoms with Crippen LogP contribution < -0.4 is 14.4 Å². The molecule has 0 fully saturated rings. The van der Waals surface area contributed by atoms with Gasteiger partial charge in [0.05, 0.1) is 25.5 Å². The molecule has 0 radical (unpaired) electrons. The Kier molecular flexibility index (Phi) is 7.34. The Labute approximate surface area is 230 Å². The monoisotopic (exact) mass is 510 g/mol. The van der Waals surface area contributed by atoms with E-state index in [1.54, 1.807) is 14.2 Å². The molecule has 4 heteroatoms.